The summed E-state index contributed by atoms with van der Waals surface area (Å²) in [6.45, 7) is 8.25. The second kappa shape index (κ2) is 21.7. The van der Waals surface area contributed by atoms with Crippen LogP contribution in [-0.4, -0.2) is 104 Å². The summed E-state index contributed by atoms with van der Waals surface area (Å²) in [6, 6.07) is 25.0. The number of nitrogens with zero attached hydrogens (tertiary/aromatic N) is 6. The fourth-order valence-electron chi connectivity index (χ4n) is 5.24. The molecule has 0 spiro atoms. The van der Waals surface area contributed by atoms with Crippen molar-refractivity contribution in [2.75, 3.05) is 52.3 Å². The molecule has 312 valence electrons. The largest absolute Gasteiger partial charge is 0.497 e. The van der Waals surface area contributed by atoms with E-state index in [-0.39, 0.29) is 19.5 Å². The number of ether oxygens (including phenoxy) is 4. The lowest BCUT2D eigenvalue weighted by atomic mass is 9.80. The third kappa shape index (κ3) is 12.0. The zero-order chi connectivity index (χ0) is 42.7. The summed E-state index contributed by atoms with van der Waals surface area (Å²) in [5.41, 5.74) is 5.71. The van der Waals surface area contributed by atoms with Crippen molar-refractivity contribution >= 4 is 69.8 Å². The number of rotatable bonds is 10. The Bertz CT molecular complexity index is 2330. The highest BCUT2D eigenvalue weighted by Gasteiger charge is 2.19. The van der Waals surface area contributed by atoms with Crippen molar-refractivity contribution in [3.8, 4) is 22.8 Å². The number of carbonyl (C=O) groups is 2. The normalized spacial score (nSPS) is 10.4. The molecule has 0 fully saturated rings. The minimum atomic E-state index is -1.40. The van der Waals surface area contributed by atoms with E-state index in [1.54, 1.807) is 74.9 Å². The van der Waals surface area contributed by atoms with E-state index >= 15 is 0 Å². The molecule has 59 heavy (non-hydrogen) atoms. The molecule has 0 aliphatic rings. The number of methoxy groups -OCH3 is 4. The molecule has 0 aliphatic heterocycles. The van der Waals surface area contributed by atoms with Gasteiger partial charge < -0.3 is 38.8 Å². The third-order valence-electron chi connectivity index (χ3n) is 9.09. The molecule has 0 unspecified atom stereocenters. The molecule has 14 nitrogen and oxygen atoms in total. The van der Waals surface area contributed by atoms with Crippen LogP contribution in [0.25, 0.3) is 33.3 Å². The predicted octanol–water partition coefficient (Wildman–Crippen LogP) is 6.86. The van der Waals surface area contributed by atoms with Gasteiger partial charge >= 0.3 is 19.1 Å². The molecular formula is C43H52BClN6O8. The van der Waals surface area contributed by atoms with Crippen LogP contribution in [0.1, 0.15) is 55.8 Å². The molecule has 6 aromatic rings. The van der Waals surface area contributed by atoms with E-state index in [1.807, 2.05) is 57.1 Å². The molecule has 0 saturated heterocycles. The summed E-state index contributed by atoms with van der Waals surface area (Å²) in [7, 11) is 8.39. The summed E-state index contributed by atoms with van der Waals surface area (Å²) < 4.78 is 19.6. The lowest BCUT2D eigenvalue weighted by Gasteiger charge is -2.25. The zero-order valence-corrected chi connectivity index (χ0v) is 35.0. The standard InChI is InChI=1S/C21H23N3O3.C14H16ClN3O2.C7H9BO3.CH4/c1-13(2)24(3)20-19(14-6-9-16(26-4)10-7-14)22-17-11-8-15(21(25)27-5)12-18(17)23-20;1-8(2)18(3)13-12(15)16-10-6-5-9(14(19)20-4)7-11(10)17-13;1-11-7-4-2-6(3-5-7)8(9)10;/h6-13H,1-5H3;5-8H,1-4H3;2-5,9-10H,1H3;1H4. The van der Waals surface area contributed by atoms with Crippen LogP contribution in [0.5, 0.6) is 11.5 Å². The van der Waals surface area contributed by atoms with E-state index < -0.39 is 19.1 Å². The van der Waals surface area contributed by atoms with E-state index in [2.05, 4.69) is 28.7 Å². The number of fused-ring (bicyclic) bond motifs is 2. The molecule has 0 amide bonds. The molecule has 6 rings (SSSR count). The maximum absolute atomic E-state index is 11.8. The number of benzene rings is 4. The van der Waals surface area contributed by atoms with Crippen molar-refractivity contribution in [1.82, 2.24) is 19.9 Å². The van der Waals surface area contributed by atoms with Gasteiger partial charge in [-0.1, -0.05) is 31.2 Å². The Labute approximate surface area is 350 Å². The molecular weight excluding hydrogens is 775 g/mol. The summed E-state index contributed by atoms with van der Waals surface area (Å²) >= 11 is 6.16. The van der Waals surface area contributed by atoms with Gasteiger partial charge in [0.25, 0.3) is 0 Å². The van der Waals surface area contributed by atoms with Gasteiger partial charge in [-0.05, 0) is 106 Å². The van der Waals surface area contributed by atoms with Gasteiger partial charge in [0, 0.05) is 31.7 Å². The Balaban J connectivity index is 0.000000255. The van der Waals surface area contributed by atoms with Gasteiger partial charge in [0.15, 0.2) is 16.8 Å². The first kappa shape index (κ1) is 47.4. The van der Waals surface area contributed by atoms with Crippen LogP contribution in [0.4, 0.5) is 11.6 Å². The van der Waals surface area contributed by atoms with Crippen LogP contribution in [-0.2, 0) is 9.47 Å². The van der Waals surface area contributed by atoms with Gasteiger partial charge in [-0.15, -0.1) is 0 Å². The van der Waals surface area contributed by atoms with E-state index in [0.717, 1.165) is 28.3 Å². The van der Waals surface area contributed by atoms with Gasteiger partial charge in [0.05, 0.1) is 61.6 Å². The Hall–Kier alpha value is -6.03. The molecule has 0 saturated carbocycles. The molecule has 16 heteroatoms. The summed E-state index contributed by atoms with van der Waals surface area (Å²) in [5.74, 6) is 2.04. The van der Waals surface area contributed by atoms with Crippen LogP contribution in [0.15, 0.2) is 84.9 Å². The molecule has 4 aromatic carbocycles. The fourth-order valence-corrected chi connectivity index (χ4v) is 5.50. The van der Waals surface area contributed by atoms with E-state index in [4.69, 9.17) is 50.6 Å². The first-order chi connectivity index (χ1) is 27.6. The lowest BCUT2D eigenvalue weighted by molar-refractivity contribution is 0.0592. The number of esters is 2. The SMILES string of the molecule is C.COC(=O)c1ccc2nc(-c3ccc(OC)cc3)c(N(C)C(C)C)nc2c1.COC(=O)c1ccc2nc(Cl)c(N(C)C(C)C)nc2c1.COc1ccc(B(O)O)cc1. The predicted molar refractivity (Wildman–Crippen MR) is 235 cm³/mol. The average molecular weight is 827 g/mol. The van der Waals surface area contributed by atoms with E-state index in [1.165, 1.54) is 14.2 Å². The molecule has 0 atom stereocenters. The topological polar surface area (TPSA) is 170 Å². The van der Waals surface area contributed by atoms with E-state index in [9.17, 15) is 9.59 Å². The average Bonchev–Trinajstić information content (AvgIpc) is 3.24. The van der Waals surface area contributed by atoms with Gasteiger partial charge in [0.1, 0.15) is 17.2 Å². The van der Waals surface area contributed by atoms with Crippen LogP contribution in [0, 0.1) is 0 Å². The number of aromatic nitrogens is 4. The maximum atomic E-state index is 11.8. The van der Waals surface area contributed by atoms with Crippen molar-refractivity contribution in [2.45, 2.75) is 47.2 Å². The number of hydrogen-bond acceptors (Lipinski definition) is 14. The quantitative estimate of drug-likeness (QED) is 0.108. The summed E-state index contributed by atoms with van der Waals surface area (Å²) in [4.78, 5) is 45.8. The van der Waals surface area contributed by atoms with Gasteiger partial charge in [0.2, 0.25) is 0 Å². The van der Waals surface area contributed by atoms with Crippen molar-refractivity contribution in [3.63, 3.8) is 0 Å². The van der Waals surface area contributed by atoms with Crippen LogP contribution >= 0.6 is 11.6 Å². The molecule has 2 heterocycles. The number of hydrogen-bond donors (Lipinski definition) is 2. The Kier molecular flexibility index (Phi) is 17.4. The van der Waals surface area contributed by atoms with Crippen molar-refractivity contribution in [1.29, 1.82) is 0 Å². The summed E-state index contributed by atoms with van der Waals surface area (Å²) in [5, 5.41) is 17.8. The zero-order valence-electron chi connectivity index (χ0n) is 34.2. The second-order valence-electron chi connectivity index (χ2n) is 13.4. The highest BCUT2D eigenvalue weighted by Crippen LogP contribution is 2.32. The molecule has 2 N–H and O–H groups in total. The Morgan fingerprint density at radius 1 is 0.610 bits per heavy atom. The Morgan fingerprint density at radius 2 is 1.03 bits per heavy atom. The Morgan fingerprint density at radius 3 is 1.46 bits per heavy atom. The first-order valence-corrected chi connectivity index (χ1v) is 18.6. The van der Waals surface area contributed by atoms with Gasteiger partial charge in [-0.2, -0.15) is 0 Å². The fraction of sp³-hybridized carbons (Fsp3) is 0.302. The van der Waals surface area contributed by atoms with E-state index in [0.29, 0.717) is 49.9 Å². The van der Waals surface area contributed by atoms with Crippen molar-refractivity contribution in [2.24, 2.45) is 0 Å². The minimum absolute atomic E-state index is 0. The van der Waals surface area contributed by atoms with Gasteiger partial charge in [-0.3, -0.25) is 0 Å². The highest BCUT2D eigenvalue weighted by molar-refractivity contribution is 6.58. The lowest BCUT2D eigenvalue weighted by Crippen LogP contribution is -2.29. The second-order valence-corrected chi connectivity index (χ2v) is 13.8. The summed E-state index contributed by atoms with van der Waals surface area (Å²) in [6.07, 6.45) is 0. The number of carbonyl (C=O) groups excluding carboxylic acids is 2. The maximum Gasteiger partial charge on any atom is 0.488 e. The monoisotopic (exact) mass is 826 g/mol. The minimum Gasteiger partial charge on any atom is -0.497 e. The van der Waals surface area contributed by atoms with Crippen LogP contribution < -0.4 is 24.7 Å². The first-order valence-electron chi connectivity index (χ1n) is 18.2. The smallest absolute Gasteiger partial charge is 0.488 e. The van der Waals surface area contributed by atoms with Crippen LogP contribution in [0.2, 0.25) is 5.15 Å². The van der Waals surface area contributed by atoms with Crippen molar-refractivity contribution < 1.29 is 38.6 Å². The molecule has 2 aromatic heterocycles. The third-order valence-corrected chi connectivity index (χ3v) is 9.34. The highest BCUT2D eigenvalue weighted by atomic mass is 35.5. The molecule has 0 bridgehead atoms. The number of anilines is 2. The molecule has 0 radical (unpaired) electrons. The molecule has 0 aliphatic carbocycles. The van der Waals surface area contributed by atoms with Gasteiger partial charge in [-0.25, -0.2) is 29.5 Å². The van der Waals surface area contributed by atoms with Crippen molar-refractivity contribution in [3.05, 3.63) is 101 Å². The van der Waals surface area contributed by atoms with Crippen LogP contribution in [0.3, 0.4) is 0 Å². The number of halogens is 1.